The minimum Gasteiger partial charge on any atom is -0.366 e. The monoisotopic (exact) mass is 337 g/mol. The molecule has 0 heterocycles. The van der Waals surface area contributed by atoms with E-state index in [0.717, 1.165) is 5.56 Å². The molecule has 3 N–H and O–H groups in total. The van der Waals surface area contributed by atoms with Gasteiger partial charge in [0.25, 0.3) is 5.91 Å². The van der Waals surface area contributed by atoms with Crippen LogP contribution in [-0.4, -0.2) is 24.8 Å². The van der Waals surface area contributed by atoms with Crippen molar-refractivity contribution in [3.05, 3.63) is 77.9 Å². The zero-order valence-corrected chi connectivity index (χ0v) is 13.9. The van der Waals surface area contributed by atoms with Gasteiger partial charge in [-0.1, -0.05) is 18.7 Å². The minimum absolute atomic E-state index is 0.187. The van der Waals surface area contributed by atoms with Crippen LogP contribution in [0.15, 0.2) is 61.2 Å². The van der Waals surface area contributed by atoms with Crippen LogP contribution in [0, 0.1) is 0 Å². The predicted molar refractivity (Wildman–Crippen MR) is 96.2 cm³/mol. The van der Waals surface area contributed by atoms with E-state index in [1.807, 2.05) is 0 Å². The second-order valence-corrected chi connectivity index (χ2v) is 5.39. The van der Waals surface area contributed by atoms with Crippen molar-refractivity contribution in [1.82, 2.24) is 5.32 Å². The number of nitrogens with zero attached hydrogens (tertiary/aromatic N) is 1. The molecule has 2 aromatic carbocycles. The maximum absolute atomic E-state index is 12.5. The number of carbonyl (C=O) groups is 3. The van der Waals surface area contributed by atoms with Gasteiger partial charge in [0.2, 0.25) is 11.8 Å². The van der Waals surface area contributed by atoms with Crippen molar-refractivity contribution < 1.29 is 14.4 Å². The van der Waals surface area contributed by atoms with Crippen molar-refractivity contribution >= 4 is 23.4 Å². The van der Waals surface area contributed by atoms with Gasteiger partial charge >= 0.3 is 0 Å². The second kappa shape index (κ2) is 7.92. The third-order valence-electron chi connectivity index (χ3n) is 3.70. The molecule has 0 aliphatic heterocycles. The summed E-state index contributed by atoms with van der Waals surface area (Å²) in [6.07, 6.45) is 1.20. The van der Waals surface area contributed by atoms with Gasteiger partial charge in [0.15, 0.2) is 0 Å². The number of hydrogen-bond acceptors (Lipinski definition) is 3. The highest BCUT2D eigenvalue weighted by molar-refractivity contribution is 6.06. The molecule has 0 spiro atoms. The molecular weight excluding hydrogens is 318 g/mol. The molecule has 0 atom stereocenters. The number of nitrogens with one attached hydrogen (secondary N) is 1. The third kappa shape index (κ3) is 4.54. The number of hydrogen-bond donors (Lipinski definition) is 2. The number of rotatable bonds is 6. The highest BCUT2D eigenvalue weighted by atomic mass is 16.2. The average molecular weight is 337 g/mol. The number of primary amides is 1. The molecule has 0 radical (unpaired) electrons. The van der Waals surface area contributed by atoms with Gasteiger partial charge in [-0.3, -0.25) is 14.4 Å². The Bertz CT molecular complexity index is 796. The van der Waals surface area contributed by atoms with Crippen molar-refractivity contribution in [2.24, 2.45) is 5.73 Å². The fraction of sp³-hybridized carbons (Fsp3) is 0.105. The molecule has 0 aliphatic carbocycles. The van der Waals surface area contributed by atoms with Crippen LogP contribution < -0.4 is 16.0 Å². The topological polar surface area (TPSA) is 92.5 Å². The van der Waals surface area contributed by atoms with E-state index in [1.54, 1.807) is 55.6 Å². The van der Waals surface area contributed by atoms with E-state index in [0.29, 0.717) is 23.4 Å². The molecule has 0 fully saturated rings. The maximum Gasteiger partial charge on any atom is 0.258 e. The summed E-state index contributed by atoms with van der Waals surface area (Å²) in [4.78, 5) is 36.3. The van der Waals surface area contributed by atoms with Crippen LogP contribution in [0.1, 0.15) is 26.3 Å². The van der Waals surface area contributed by atoms with E-state index in [1.165, 1.54) is 11.0 Å². The molecule has 3 amide bonds. The zero-order valence-electron chi connectivity index (χ0n) is 13.9. The number of carbonyl (C=O) groups excluding carboxylic acids is 3. The molecule has 25 heavy (non-hydrogen) atoms. The molecule has 6 nitrogen and oxygen atoms in total. The Kier molecular flexibility index (Phi) is 5.68. The van der Waals surface area contributed by atoms with Crippen molar-refractivity contribution in [3.8, 4) is 0 Å². The summed E-state index contributed by atoms with van der Waals surface area (Å²) in [5.41, 5.74) is 7.63. The standard InChI is InChI=1S/C19H19N3O3/c1-3-17(23)21-12-13-4-6-15(7-5-13)19(25)22(2)16-10-8-14(9-11-16)18(20)24/h3-11H,1,12H2,2H3,(H2,20,24)(H,21,23). The Hall–Kier alpha value is -3.41. The molecule has 0 unspecified atom stereocenters. The van der Waals surface area contributed by atoms with Crippen molar-refractivity contribution in [2.75, 3.05) is 11.9 Å². The second-order valence-electron chi connectivity index (χ2n) is 5.39. The number of benzene rings is 2. The van der Waals surface area contributed by atoms with Gasteiger partial charge in [0, 0.05) is 30.4 Å². The molecule has 0 saturated carbocycles. The first-order valence-electron chi connectivity index (χ1n) is 7.59. The van der Waals surface area contributed by atoms with Gasteiger partial charge in [-0.05, 0) is 48.0 Å². The van der Waals surface area contributed by atoms with Gasteiger partial charge in [-0.2, -0.15) is 0 Å². The molecule has 0 aromatic heterocycles. The first-order valence-corrected chi connectivity index (χ1v) is 7.59. The van der Waals surface area contributed by atoms with E-state index in [4.69, 9.17) is 5.73 Å². The molecule has 0 saturated heterocycles. The van der Waals surface area contributed by atoms with E-state index < -0.39 is 5.91 Å². The molecule has 2 aromatic rings. The van der Waals surface area contributed by atoms with E-state index >= 15 is 0 Å². The Balaban J connectivity index is 2.07. The quantitative estimate of drug-likeness (QED) is 0.788. The van der Waals surface area contributed by atoms with Crippen molar-refractivity contribution in [2.45, 2.75) is 6.54 Å². The first kappa shape index (κ1) is 17.9. The third-order valence-corrected chi connectivity index (χ3v) is 3.70. The molecule has 2 rings (SSSR count). The lowest BCUT2D eigenvalue weighted by Crippen LogP contribution is -2.26. The van der Waals surface area contributed by atoms with Gasteiger partial charge < -0.3 is 16.0 Å². The summed E-state index contributed by atoms with van der Waals surface area (Å²) in [6, 6.07) is 13.4. The fourth-order valence-electron chi connectivity index (χ4n) is 2.19. The maximum atomic E-state index is 12.5. The Morgan fingerprint density at radius 1 is 1.04 bits per heavy atom. The summed E-state index contributed by atoms with van der Waals surface area (Å²) in [7, 11) is 1.65. The largest absolute Gasteiger partial charge is 0.366 e. The summed E-state index contributed by atoms with van der Waals surface area (Å²) in [5.74, 6) is -0.951. The summed E-state index contributed by atoms with van der Waals surface area (Å²) in [6.45, 7) is 3.75. The van der Waals surface area contributed by atoms with Crippen LogP contribution in [-0.2, 0) is 11.3 Å². The Morgan fingerprint density at radius 3 is 2.12 bits per heavy atom. The number of amides is 3. The average Bonchev–Trinajstić information content (AvgIpc) is 2.65. The van der Waals surface area contributed by atoms with E-state index in [2.05, 4.69) is 11.9 Å². The first-order chi connectivity index (χ1) is 11.9. The van der Waals surface area contributed by atoms with Gasteiger partial charge in [0.1, 0.15) is 0 Å². The lowest BCUT2D eigenvalue weighted by Gasteiger charge is -2.18. The van der Waals surface area contributed by atoms with Crippen LogP contribution >= 0.6 is 0 Å². The number of anilines is 1. The molecular formula is C19H19N3O3. The summed E-state index contributed by atoms with van der Waals surface area (Å²) >= 11 is 0. The van der Waals surface area contributed by atoms with Crippen LogP contribution in [0.3, 0.4) is 0 Å². The predicted octanol–water partition coefficient (Wildman–Crippen LogP) is 1.86. The molecule has 6 heteroatoms. The van der Waals surface area contributed by atoms with Crippen molar-refractivity contribution in [1.29, 1.82) is 0 Å². The lowest BCUT2D eigenvalue weighted by molar-refractivity contribution is -0.116. The van der Waals surface area contributed by atoms with Crippen molar-refractivity contribution in [3.63, 3.8) is 0 Å². The van der Waals surface area contributed by atoms with Crippen LogP contribution in [0.25, 0.3) is 0 Å². The fourth-order valence-corrected chi connectivity index (χ4v) is 2.19. The van der Waals surface area contributed by atoms with E-state index in [-0.39, 0.29) is 11.8 Å². The Labute approximate surface area is 145 Å². The SMILES string of the molecule is C=CC(=O)NCc1ccc(C(=O)N(C)c2ccc(C(N)=O)cc2)cc1. The highest BCUT2D eigenvalue weighted by Gasteiger charge is 2.14. The number of nitrogens with two attached hydrogens (primary N) is 1. The normalized spacial score (nSPS) is 9.96. The Morgan fingerprint density at radius 2 is 1.60 bits per heavy atom. The smallest absolute Gasteiger partial charge is 0.258 e. The summed E-state index contributed by atoms with van der Waals surface area (Å²) < 4.78 is 0. The molecule has 128 valence electrons. The van der Waals surface area contributed by atoms with Gasteiger partial charge in [0.05, 0.1) is 0 Å². The van der Waals surface area contributed by atoms with Crippen LogP contribution in [0.4, 0.5) is 5.69 Å². The highest BCUT2D eigenvalue weighted by Crippen LogP contribution is 2.17. The zero-order chi connectivity index (χ0) is 18.4. The summed E-state index contributed by atoms with van der Waals surface area (Å²) in [5, 5.41) is 2.67. The van der Waals surface area contributed by atoms with Gasteiger partial charge in [-0.25, -0.2) is 0 Å². The van der Waals surface area contributed by atoms with Crippen LogP contribution in [0.5, 0.6) is 0 Å². The lowest BCUT2D eigenvalue weighted by atomic mass is 10.1. The van der Waals surface area contributed by atoms with Crippen LogP contribution in [0.2, 0.25) is 0 Å². The minimum atomic E-state index is -0.514. The van der Waals surface area contributed by atoms with E-state index in [9.17, 15) is 14.4 Å². The van der Waals surface area contributed by atoms with Gasteiger partial charge in [-0.15, -0.1) is 0 Å². The molecule has 0 aliphatic rings. The molecule has 0 bridgehead atoms.